The fraction of sp³-hybridized carbons (Fsp3) is 0.923. The first-order valence-corrected chi connectivity index (χ1v) is 26.3. The number of carbonyl (C=O) groups excluding carboxylic acids is 2. The molecule has 4 N–H and O–H groups in total. The van der Waals surface area contributed by atoms with Gasteiger partial charge in [0.2, 0.25) is 0 Å². The smallest absolute Gasteiger partial charge is 0.306 e. The molecule has 1 saturated heterocycles. The van der Waals surface area contributed by atoms with Crippen LogP contribution in [0.5, 0.6) is 0 Å². The Balaban J connectivity index is 2.22. The average Bonchev–Trinajstić information content (AvgIpc) is 3.27. The summed E-state index contributed by atoms with van der Waals surface area (Å²) in [4.78, 5) is 25.4. The first-order valence-electron chi connectivity index (χ1n) is 26.3. The number of allylic oxidation sites excluding steroid dienone is 2. The molecule has 0 aromatic rings. The van der Waals surface area contributed by atoms with Gasteiger partial charge in [-0.25, -0.2) is 0 Å². The number of esters is 2. The summed E-state index contributed by atoms with van der Waals surface area (Å²) in [6, 6.07) is 0. The minimum absolute atomic E-state index is 0.215. The van der Waals surface area contributed by atoms with Gasteiger partial charge in [0.25, 0.3) is 0 Å². The van der Waals surface area contributed by atoms with E-state index in [1.54, 1.807) is 0 Å². The topological polar surface area (TPSA) is 152 Å². The maximum Gasteiger partial charge on any atom is 0.306 e. The Morgan fingerprint density at radius 1 is 0.484 bits per heavy atom. The van der Waals surface area contributed by atoms with Crippen molar-refractivity contribution < 1.29 is 49.0 Å². The molecule has 0 spiro atoms. The molecule has 0 radical (unpaired) electrons. The minimum atomic E-state index is -1.59. The van der Waals surface area contributed by atoms with Gasteiger partial charge >= 0.3 is 11.9 Å². The van der Waals surface area contributed by atoms with Crippen LogP contribution in [0, 0.1) is 0 Å². The summed E-state index contributed by atoms with van der Waals surface area (Å²) >= 11 is 0. The second-order valence-electron chi connectivity index (χ2n) is 18.3. The molecular formula is C52H98O10. The fourth-order valence-electron chi connectivity index (χ4n) is 8.24. The zero-order chi connectivity index (χ0) is 45.1. The number of hydrogen-bond donors (Lipinski definition) is 4. The number of rotatable bonds is 45. The monoisotopic (exact) mass is 883 g/mol. The molecule has 0 bridgehead atoms. The molecule has 1 aliphatic rings. The van der Waals surface area contributed by atoms with E-state index in [1.165, 1.54) is 167 Å². The van der Waals surface area contributed by atoms with Crippen molar-refractivity contribution >= 4 is 11.9 Å². The van der Waals surface area contributed by atoms with Crippen LogP contribution in [-0.4, -0.2) is 89.0 Å². The molecule has 62 heavy (non-hydrogen) atoms. The van der Waals surface area contributed by atoms with Crippen molar-refractivity contribution in [2.45, 2.75) is 288 Å². The van der Waals surface area contributed by atoms with Crippen molar-refractivity contribution in [2.75, 3.05) is 19.8 Å². The first-order chi connectivity index (χ1) is 30.3. The lowest BCUT2D eigenvalue weighted by Gasteiger charge is -2.39. The Kier molecular flexibility index (Phi) is 40.9. The minimum Gasteiger partial charge on any atom is -0.462 e. The van der Waals surface area contributed by atoms with Crippen LogP contribution in [0.25, 0.3) is 0 Å². The zero-order valence-corrected chi connectivity index (χ0v) is 40.1. The molecule has 1 aliphatic heterocycles. The Labute approximate surface area is 380 Å². The lowest BCUT2D eigenvalue weighted by molar-refractivity contribution is -0.305. The lowest BCUT2D eigenvalue weighted by Crippen LogP contribution is -2.59. The van der Waals surface area contributed by atoms with Gasteiger partial charge in [-0.15, -0.1) is 0 Å². The second kappa shape index (κ2) is 43.3. The summed E-state index contributed by atoms with van der Waals surface area (Å²) in [5, 5.41) is 40.2. The molecule has 0 saturated carbocycles. The van der Waals surface area contributed by atoms with Gasteiger partial charge in [0.1, 0.15) is 31.0 Å². The Bertz CT molecular complexity index is 1020. The van der Waals surface area contributed by atoms with Gasteiger partial charge in [-0.3, -0.25) is 9.59 Å². The van der Waals surface area contributed by atoms with Gasteiger partial charge < -0.3 is 39.4 Å². The molecule has 10 heteroatoms. The zero-order valence-electron chi connectivity index (χ0n) is 40.1. The maximum absolute atomic E-state index is 12.8. The lowest BCUT2D eigenvalue weighted by atomic mass is 9.99. The van der Waals surface area contributed by atoms with Crippen LogP contribution in [-0.2, 0) is 28.5 Å². The van der Waals surface area contributed by atoms with Crippen LogP contribution >= 0.6 is 0 Å². The number of hydrogen-bond acceptors (Lipinski definition) is 10. The van der Waals surface area contributed by atoms with Gasteiger partial charge in [-0.05, 0) is 38.5 Å². The van der Waals surface area contributed by atoms with Crippen LogP contribution in [0.2, 0.25) is 0 Å². The van der Waals surface area contributed by atoms with E-state index in [0.29, 0.717) is 6.42 Å². The predicted octanol–water partition coefficient (Wildman–Crippen LogP) is 12.3. The quantitative estimate of drug-likeness (QED) is 0.0264. The van der Waals surface area contributed by atoms with Crippen molar-refractivity contribution in [1.29, 1.82) is 0 Å². The van der Waals surface area contributed by atoms with Gasteiger partial charge in [-0.2, -0.15) is 0 Å². The van der Waals surface area contributed by atoms with Crippen molar-refractivity contribution in [3.05, 3.63) is 12.2 Å². The molecule has 1 rings (SSSR count). The van der Waals surface area contributed by atoms with E-state index in [-0.39, 0.29) is 32.0 Å². The summed E-state index contributed by atoms with van der Waals surface area (Å²) < 4.78 is 22.2. The predicted molar refractivity (Wildman–Crippen MR) is 252 cm³/mol. The Morgan fingerprint density at radius 3 is 1.26 bits per heavy atom. The molecule has 10 nitrogen and oxygen atoms in total. The SMILES string of the molecule is CCCCCCCC/C=C/CCCCCCCC(=O)O[C@@H](COC(=O)CCCCCCCCCCCCCCCCCCCCCCCC)CO[C@H]1O[C@@H](CO)[C@@H](O)C(O)C1O. The molecule has 1 heterocycles. The van der Waals surface area contributed by atoms with Crippen LogP contribution in [0.3, 0.4) is 0 Å². The second-order valence-corrected chi connectivity index (χ2v) is 18.3. The van der Waals surface area contributed by atoms with E-state index in [2.05, 4.69) is 26.0 Å². The van der Waals surface area contributed by atoms with Crippen LogP contribution in [0.4, 0.5) is 0 Å². The van der Waals surface area contributed by atoms with Crippen molar-refractivity contribution in [2.24, 2.45) is 0 Å². The summed E-state index contributed by atoms with van der Waals surface area (Å²) in [6.45, 7) is 3.45. The number of carbonyl (C=O) groups is 2. The number of aliphatic hydroxyl groups excluding tert-OH is 4. The van der Waals surface area contributed by atoms with Gasteiger partial charge in [-0.1, -0.05) is 212 Å². The normalized spacial score (nSPS) is 19.6. The van der Waals surface area contributed by atoms with Gasteiger partial charge in [0.15, 0.2) is 12.4 Å². The molecule has 6 atom stereocenters. The van der Waals surface area contributed by atoms with Crippen molar-refractivity contribution in [1.82, 2.24) is 0 Å². The van der Waals surface area contributed by atoms with Crippen LogP contribution in [0.15, 0.2) is 12.2 Å². The molecule has 366 valence electrons. The summed E-state index contributed by atoms with van der Waals surface area (Å²) in [5.74, 6) is -0.801. The summed E-state index contributed by atoms with van der Waals surface area (Å²) in [5.41, 5.74) is 0. The third-order valence-corrected chi connectivity index (χ3v) is 12.4. The molecular weight excluding hydrogens is 785 g/mol. The van der Waals surface area contributed by atoms with E-state index in [9.17, 15) is 30.0 Å². The molecule has 0 aromatic carbocycles. The Hall–Kier alpha value is -1.56. The van der Waals surface area contributed by atoms with E-state index < -0.39 is 49.4 Å². The average molecular weight is 883 g/mol. The number of ether oxygens (including phenoxy) is 4. The highest BCUT2D eigenvalue weighted by Crippen LogP contribution is 2.23. The third-order valence-electron chi connectivity index (χ3n) is 12.4. The largest absolute Gasteiger partial charge is 0.462 e. The van der Waals surface area contributed by atoms with Crippen LogP contribution < -0.4 is 0 Å². The Morgan fingerprint density at radius 2 is 0.855 bits per heavy atom. The standard InChI is InChI=1S/C52H98O10/c1-3-5-7-9-11-13-15-17-19-20-21-22-23-24-25-27-28-30-32-34-36-38-40-47(54)59-43-45(44-60-52-51(58)50(57)49(56)46(42-53)62-52)61-48(55)41-39-37-35-33-31-29-26-18-16-14-12-10-8-6-4-2/h18,26,45-46,49-53,56-58H,3-17,19-25,27-44H2,1-2H3/b26-18+/t45-,46-,49+,50?,51?,52-/m0/s1. The first kappa shape index (κ1) is 58.5. The molecule has 0 aliphatic carbocycles. The van der Waals surface area contributed by atoms with Crippen LogP contribution in [0.1, 0.15) is 251 Å². The van der Waals surface area contributed by atoms with Gasteiger partial charge in [0.05, 0.1) is 13.2 Å². The molecule has 0 aromatic heterocycles. The fourth-order valence-corrected chi connectivity index (χ4v) is 8.24. The van der Waals surface area contributed by atoms with Gasteiger partial charge in [0, 0.05) is 12.8 Å². The van der Waals surface area contributed by atoms with E-state index in [0.717, 1.165) is 51.4 Å². The molecule has 2 unspecified atom stereocenters. The highest BCUT2D eigenvalue weighted by molar-refractivity contribution is 5.70. The third kappa shape index (κ3) is 33.9. The van der Waals surface area contributed by atoms with E-state index in [4.69, 9.17) is 18.9 Å². The van der Waals surface area contributed by atoms with Crippen molar-refractivity contribution in [3.63, 3.8) is 0 Å². The van der Waals surface area contributed by atoms with Crippen molar-refractivity contribution in [3.8, 4) is 0 Å². The maximum atomic E-state index is 12.8. The summed E-state index contributed by atoms with van der Waals surface area (Å²) in [6.07, 6.45) is 40.8. The number of unbranched alkanes of at least 4 members (excludes halogenated alkanes) is 32. The summed E-state index contributed by atoms with van der Waals surface area (Å²) in [7, 11) is 0. The molecule has 0 amide bonds. The number of aliphatic hydroxyl groups is 4. The highest BCUT2D eigenvalue weighted by Gasteiger charge is 2.44. The van der Waals surface area contributed by atoms with E-state index >= 15 is 0 Å². The molecule has 1 fully saturated rings. The highest BCUT2D eigenvalue weighted by atomic mass is 16.7. The van der Waals surface area contributed by atoms with E-state index in [1.807, 2.05) is 0 Å².